The maximum Gasteiger partial charge on any atom is 0.328 e. The van der Waals surface area contributed by atoms with Crippen LogP contribution in [0.25, 0.3) is 0 Å². The molecule has 1 amide bonds. The standard InChI is InChI=1S/C26H40N2O6/c1-15(29)22(23(31)32)27-21(30)14-34-28-17-7-10-24(2)16(13-17)5-6-18-19(24)8-11-25(3)20(18)9-12-26(25,4)33/h13,15,18-20,22,29,33H,5-12,14H2,1-4H3,(H,27,30)(H,31,32)/b28-17-/t15-,18+,19-,20-,22-,24-,25-,26-/m0/s1. The maximum absolute atomic E-state index is 12.0. The Kier molecular flexibility index (Phi) is 6.62. The van der Waals surface area contributed by atoms with Crippen molar-refractivity contribution in [3.8, 4) is 0 Å². The zero-order valence-electron chi connectivity index (χ0n) is 20.8. The largest absolute Gasteiger partial charge is 0.480 e. The van der Waals surface area contributed by atoms with Gasteiger partial charge >= 0.3 is 5.97 Å². The van der Waals surface area contributed by atoms with Gasteiger partial charge in [-0.05, 0) is 99.9 Å². The molecule has 4 aliphatic carbocycles. The number of nitrogens with one attached hydrogen (secondary N) is 1. The van der Waals surface area contributed by atoms with Gasteiger partial charge in [0.25, 0.3) is 5.91 Å². The first-order valence-corrected chi connectivity index (χ1v) is 12.7. The van der Waals surface area contributed by atoms with E-state index in [0.29, 0.717) is 17.8 Å². The van der Waals surface area contributed by atoms with E-state index in [-0.39, 0.29) is 10.8 Å². The summed E-state index contributed by atoms with van der Waals surface area (Å²) >= 11 is 0. The number of carbonyl (C=O) groups excluding carboxylic acids is 1. The molecule has 190 valence electrons. The molecular weight excluding hydrogens is 436 g/mol. The zero-order chi connectivity index (χ0) is 24.9. The summed E-state index contributed by atoms with van der Waals surface area (Å²) in [6, 6.07) is -1.38. The van der Waals surface area contributed by atoms with E-state index in [2.05, 4.69) is 30.4 Å². The van der Waals surface area contributed by atoms with Crippen LogP contribution in [-0.4, -0.2) is 57.3 Å². The van der Waals surface area contributed by atoms with Crippen molar-refractivity contribution < 1.29 is 29.7 Å². The highest BCUT2D eigenvalue weighted by Gasteiger charge is 2.62. The number of hydrogen-bond acceptors (Lipinski definition) is 6. The maximum atomic E-state index is 12.0. The Morgan fingerprint density at radius 3 is 2.53 bits per heavy atom. The molecule has 0 spiro atoms. The zero-order valence-corrected chi connectivity index (χ0v) is 20.8. The quantitative estimate of drug-likeness (QED) is 0.436. The molecule has 0 radical (unpaired) electrons. The lowest BCUT2D eigenvalue weighted by Crippen LogP contribution is -2.53. The van der Waals surface area contributed by atoms with E-state index in [1.165, 1.54) is 12.5 Å². The molecule has 0 unspecified atom stereocenters. The highest BCUT2D eigenvalue weighted by atomic mass is 16.6. The van der Waals surface area contributed by atoms with Crippen LogP contribution in [0.15, 0.2) is 16.8 Å². The predicted octanol–water partition coefficient (Wildman–Crippen LogP) is 3.02. The fraction of sp³-hybridized carbons (Fsp3) is 0.808. The second-order valence-electron chi connectivity index (χ2n) is 11.8. The average Bonchev–Trinajstić information content (AvgIpc) is 3.00. The summed E-state index contributed by atoms with van der Waals surface area (Å²) in [6.45, 7) is 7.67. The Hall–Kier alpha value is -1.93. The molecule has 0 aliphatic heterocycles. The molecule has 8 nitrogen and oxygen atoms in total. The smallest absolute Gasteiger partial charge is 0.328 e. The van der Waals surface area contributed by atoms with Crippen LogP contribution in [0.2, 0.25) is 0 Å². The molecule has 0 saturated heterocycles. The Bertz CT molecular complexity index is 896. The Morgan fingerprint density at radius 1 is 1.15 bits per heavy atom. The van der Waals surface area contributed by atoms with Gasteiger partial charge in [-0.2, -0.15) is 0 Å². The Morgan fingerprint density at radius 2 is 1.85 bits per heavy atom. The molecular formula is C26H40N2O6. The molecule has 8 heteroatoms. The summed E-state index contributed by atoms with van der Waals surface area (Å²) in [5.74, 6) is -0.0617. The highest BCUT2D eigenvalue weighted by molar-refractivity contribution is 5.96. The van der Waals surface area contributed by atoms with E-state index in [9.17, 15) is 19.8 Å². The minimum Gasteiger partial charge on any atom is -0.480 e. The Balaban J connectivity index is 1.40. The summed E-state index contributed by atoms with van der Waals surface area (Å²) < 4.78 is 0. The number of carboxylic acid groups (broad SMARTS) is 1. The fourth-order valence-corrected chi connectivity index (χ4v) is 7.66. The molecule has 4 aliphatic rings. The number of aliphatic hydroxyl groups is 2. The summed E-state index contributed by atoms with van der Waals surface area (Å²) in [6.07, 6.45) is 9.14. The fourth-order valence-electron chi connectivity index (χ4n) is 7.66. The van der Waals surface area contributed by atoms with E-state index < -0.39 is 36.2 Å². The number of fused-ring (bicyclic) bond motifs is 5. The van der Waals surface area contributed by atoms with Crippen LogP contribution in [-0.2, 0) is 14.4 Å². The van der Waals surface area contributed by atoms with Crippen molar-refractivity contribution in [2.75, 3.05) is 6.61 Å². The summed E-state index contributed by atoms with van der Waals surface area (Å²) in [4.78, 5) is 28.3. The number of carboxylic acids is 1. The first kappa shape index (κ1) is 25.2. The third kappa shape index (κ3) is 4.17. The third-order valence-corrected chi connectivity index (χ3v) is 9.98. The minimum atomic E-state index is -1.38. The van der Waals surface area contributed by atoms with Gasteiger partial charge in [0.15, 0.2) is 12.6 Å². The van der Waals surface area contributed by atoms with Crippen LogP contribution in [0, 0.1) is 28.6 Å². The van der Waals surface area contributed by atoms with Gasteiger partial charge in [0.2, 0.25) is 0 Å². The van der Waals surface area contributed by atoms with Gasteiger partial charge in [-0.1, -0.05) is 24.6 Å². The minimum absolute atomic E-state index is 0.0227. The van der Waals surface area contributed by atoms with Crippen LogP contribution in [0.1, 0.15) is 79.1 Å². The lowest BCUT2D eigenvalue weighted by molar-refractivity contribution is -0.145. The van der Waals surface area contributed by atoms with Crippen molar-refractivity contribution in [1.29, 1.82) is 0 Å². The molecule has 0 bridgehead atoms. The van der Waals surface area contributed by atoms with Gasteiger partial charge in [0.05, 0.1) is 17.4 Å². The molecule has 3 fully saturated rings. The second-order valence-corrected chi connectivity index (χ2v) is 11.8. The number of oxime groups is 1. The van der Waals surface area contributed by atoms with Crippen molar-refractivity contribution in [2.24, 2.45) is 33.7 Å². The number of carbonyl (C=O) groups is 2. The van der Waals surface area contributed by atoms with Crippen LogP contribution in [0.5, 0.6) is 0 Å². The third-order valence-electron chi connectivity index (χ3n) is 9.98. The predicted molar refractivity (Wildman–Crippen MR) is 127 cm³/mol. The topological polar surface area (TPSA) is 128 Å². The van der Waals surface area contributed by atoms with Gasteiger partial charge in [-0.3, -0.25) is 4.79 Å². The van der Waals surface area contributed by atoms with E-state index in [0.717, 1.165) is 57.1 Å². The molecule has 4 N–H and O–H groups in total. The van der Waals surface area contributed by atoms with Crippen LogP contribution >= 0.6 is 0 Å². The SMILES string of the molecule is C[C@H](O)[C@H](NC(=O)CO/N=C1\C=C2CC[C@@H]3[C@H](CC[C@@]4(C)[C@H]3CC[C@]4(C)O)[C@@]2(C)CC1)C(=O)O. The van der Waals surface area contributed by atoms with Gasteiger partial charge in [0, 0.05) is 0 Å². The number of allylic oxidation sites excluding steroid dienone is 2. The second kappa shape index (κ2) is 8.94. The molecule has 0 aromatic rings. The first-order chi connectivity index (χ1) is 15.9. The van der Waals surface area contributed by atoms with E-state index >= 15 is 0 Å². The van der Waals surface area contributed by atoms with Crippen molar-refractivity contribution >= 4 is 17.6 Å². The number of aliphatic carboxylic acids is 1. The Labute approximate surface area is 201 Å². The van der Waals surface area contributed by atoms with Crippen LogP contribution < -0.4 is 5.32 Å². The van der Waals surface area contributed by atoms with E-state index in [1.54, 1.807) is 0 Å². The molecule has 0 aromatic carbocycles. The van der Waals surface area contributed by atoms with Gasteiger partial charge in [0.1, 0.15) is 0 Å². The number of hydrogen-bond donors (Lipinski definition) is 4. The van der Waals surface area contributed by atoms with Crippen LogP contribution in [0.4, 0.5) is 0 Å². The van der Waals surface area contributed by atoms with Gasteiger partial charge in [-0.25, -0.2) is 4.79 Å². The molecule has 4 rings (SSSR count). The van der Waals surface area contributed by atoms with Gasteiger partial charge in [-0.15, -0.1) is 0 Å². The number of rotatable bonds is 6. The van der Waals surface area contributed by atoms with Gasteiger partial charge < -0.3 is 25.5 Å². The molecule has 0 heterocycles. The van der Waals surface area contributed by atoms with E-state index in [4.69, 9.17) is 9.94 Å². The van der Waals surface area contributed by atoms with Crippen molar-refractivity contribution in [2.45, 2.75) is 96.8 Å². The number of amides is 1. The monoisotopic (exact) mass is 476 g/mol. The molecule has 34 heavy (non-hydrogen) atoms. The normalized spacial score (nSPS) is 42.0. The number of nitrogens with zero attached hydrogens (tertiary/aromatic N) is 1. The first-order valence-electron chi connectivity index (χ1n) is 12.7. The number of aliphatic hydroxyl groups excluding tert-OH is 1. The molecule has 0 aromatic heterocycles. The van der Waals surface area contributed by atoms with Crippen molar-refractivity contribution in [3.63, 3.8) is 0 Å². The van der Waals surface area contributed by atoms with Crippen molar-refractivity contribution in [3.05, 3.63) is 11.6 Å². The average molecular weight is 477 g/mol. The summed E-state index contributed by atoms with van der Waals surface area (Å²) in [5.41, 5.74) is 1.83. The highest BCUT2D eigenvalue weighted by Crippen LogP contribution is 2.67. The summed E-state index contributed by atoms with van der Waals surface area (Å²) in [5, 5.41) is 36.0. The van der Waals surface area contributed by atoms with Crippen LogP contribution in [0.3, 0.4) is 0 Å². The lowest BCUT2D eigenvalue weighted by atomic mass is 9.46. The lowest BCUT2D eigenvalue weighted by Gasteiger charge is -2.59. The van der Waals surface area contributed by atoms with Crippen molar-refractivity contribution in [1.82, 2.24) is 5.32 Å². The molecule has 3 saturated carbocycles. The van der Waals surface area contributed by atoms with E-state index in [1.807, 2.05) is 6.92 Å². The molecule has 8 atom stereocenters. The summed E-state index contributed by atoms with van der Waals surface area (Å²) in [7, 11) is 0.